The molecule has 0 aliphatic rings. The Morgan fingerprint density at radius 3 is 2.33 bits per heavy atom. The largest absolute Gasteiger partial charge is 0.484 e. The third-order valence-corrected chi connectivity index (χ3v) is 4.24. The van der Waals surface area contributed by atoms with Crippen molar-refractivity contribution in [2.24, 2.45) is 0 Å². The van der Waals surface area contributed by atoms with E-state index in [9.17, 15) is 9.59 Å². The third-order valence-electron chi connectivity index (χ3n) is 4.04. The molecule has 0 aliphatic carbocycles. The van der Waals surface area contributed by atoms with Crippen LogP contribution in [0.1, 0.15) is 48.2 Å². The van der Waals surface area contributed by atoms with Crippen molar-refractivity contribution in [2.45, 2.75) is 33.6 Å². The molecule has 2 aromatic rings. The Hall–Kier alpha value is -2.73. The van der Waals surface area contributed by atoms with Crippen molar-refractivity contribution in [3.8, 4) is 5.75 Å². The summed E-state index contributed by atoms with van der Waals surface area (Å²) in [5.74, 6) is 0.728. The first-order chi connectivity index (χ1) is 12.8. The lowest BCUT2D eigenvalue weighted by molar-refractivity contribution is -0.121. The van der Waals surface area contributed by atoms with Crippen LogP contribution in [0.25, 0.3) is 0 Å². The Labute approximate surface area is 165 Å². The molecule has 5 nitrogen and oxygen atoms in total. The van der Waals surface area contributed by atoms with Gasteiger partial charge in [-0.05, 0) is 79.5 Å². The Balaban J connectivity index is 1.83. The fourth-order valence-corrected chi connectivity index (χ4v) is 2.88. The fourth-order valence-electron chi connectivity index (χ4n) is 2.65. The summed E-state index contributed by atoms with van der Waals surface area (Å²) in [7, 11) is 0. The molecule has 0 radical (unpaired) electrons. The molecular weight excluding hydrogens is 360 g/mol. The zero-order valence-corrected chi connectivity index (χ0v) is 16.8. The molecule has 0 aromatic heterocycles. The Morgan fingerprint density at radius 2 is 1.78 bits per heavy atom. The van der Waals surface area contributed by atoms with E-state index in [4.69, 9.17) is 17.0 Å². The lowest BCUT2D eigenvalue weighted by Crippen LogP contribution is -2.37. The van der Waals surface area contributed by atoms with Gasteiger partial charge in [-0.15, -0.1) is 0 Å². The third kappa shape index (κ3) is 6.18. The van der Waals surface area contributed by atoms with Crippen LogP contribution >= 0.6 is 12.2 Å². The SMILES string of the molecule is CC(=O)c1ccc(NC(=S)NC(=O)COc2ccc(C(C)C)c(C)c2)cc1. The number of aryl methyl sites for hydroxylation is 1. The van der Waals surface area contributed by atoms with Crippen LogP contribution in [0.15, 0.2) is 42.5 Å². The van der Waals surface area contributed by atoms with Crippen LogP contribution in [0.2, 0.25) is 0 Å². The molecular formula is C21H24N2O3S. The monoisotopic (exact) mass is 384 g/mol. The van der Waals surface area contributed by atoms with Crippen molar-refractivity contribution in [3.05, 3.63) is 59.2 Å². The molecule has 0 spiro atoms. The van der Waals surface area contributed by atoms with E-state index >= 15 is 0 Å². The van der Waals surface area contributed by atoms with Crippen LogP contribution in [0, 0.1) is 6.92 Å². The quantitative estimate of drug-likeness (QED) is 0.577. The first kappa shape index (κ1) is 20.6. The molecule has 27 heavy (non-hydrogen) atoms. The van der Waals surface area contributed by atoms with E-state index in [2.05, 4.69) is 24.5 Å². The van der Waals surface area contributed by atoms with E-state index in [0.29, 0.717) is 22.9 Å². The smallest absolute Gasteiger partial charge is 0.264 e. The van der Waals surface area contributed by atoms with Gasteiger partial charge in [0.05, 0.1) is 0 Å². The van der Waals surface area contributed by atoms with Gasteiger partial charge in [-0.2, -0.15) is 0 Å². The van der Waals surface area contributed by atoms with Gasteiger partial charge in [0.2, 0.25) is 0 Å². The number of ketones is 1. The maximum absolute atomic E-state index is 12.0. The van der Waals surface area contributed by atoms with E-state index in [-0.39, 0.29) is 23.4 Å². The van der Waals surface area contributed by atoms with Gasteiger partial charge < -0.3 is 10.1 Å². The summed E-state index contributed by atoms with van der Waals surface area (Å²) in [5.41, 5.74) is 3.69. The molecule has 0 saturated carbocycles. The molecule has 2 N–H and O–H groups in total. The normalized spacial score (nSPS) is 10.4. The molecule has 1 amide bonds. The molecule has 0 aliphatic heterocycles. The average Bonchev–Trinajstić information content (AvgIpc) is 2.60. The predicted octanol–water partition coefficient (Wildman–Crippen LogP) is 4.21. The predicted molar refractivity (Wildman–Crippen MR) is 112 cm³/mol. The highest BCUT2D eigenvalue weighted by Crippen LogP contribution is 2.23. The van der Waals surface area contributed by atoms with Gasteiger partial charge in [0.25, 0.3) is 5.91 Å². The van der Waals surface area contributed by atoms with Gasteiger partial charge in [-0.3, -0.25) is 14.9 Å². The van der Waals surface area contributed by atoms with E-state index in [0.717, 1.165) is 5.56 Å². The highest BCUT2D eigenvalue weighted by atomic mass is 32.1. The van der Waals surface area contributed by atoms with Crippen molar-refractivity contribution in [3.63, 3.8) is 0 Å². The van der Waals surface area contributed by atoms with Crippen molar-refractivity contribution in [2.75, 3.05) is 11.9 Å². The number of carbonyl (C=O) groups excluding carboxylic acids is 2. The zero-order valence-electron chi connectivity index (χ0n) is 16.0. The van der Waals surface area contributed by atoms with E-state index in [1.54, 1.807) is 24.3 Å². The molecule has 142 valence electrons. The van der Waals surface area contributed by atoms with Crippen LogP contribution in [0.3, 0.4) is 0 Å². The summed E-state index contributed by atoms with van der Waals surface area (Å²) < 4.78 is 5.54. The number of anilines is 1. The van der Waals surface area contributed by atoms with Crippen LogP contribution in [-0.4, -0.2) is 23.4 Å². The highest BCUT2D eigenvalue weighted by Gasteiger charge is 2.09. The molecule has 0 bridgehead atoms. The van der Waals surface area contributed by atoms with Crippen molar-refractivity contribution in [1.29, 1.82) is 0 Å². The minimum absolute atomic E-state index is 0.00811. The summed E-state index contributed by atoms with van der Waals surface area (Å²) >= 11 is 5.13. The number of ether oxygens (including phenoxy) is 1. The zero-order chi connectivity index (χ0) is 20.0. The summed E-state index contributed by atoms with van der Waals surface area (Å²) in [4.78, 5) is 23.3. The second kappa shape index (κ2) is 9.28. The lowest BCUT2D eigenvalue weighted by atomic mass is 9.98. The number of rotatable bonds is 6. The lowest BCUT2D eigenvalue weighted by Gasteiger charge is -2.13. The molecule has 2 aromatic carbocycles. The van der Waals surface area contributed by atoms with Crippen molar-refractivity contribution in [1.82, 2.24) is 5.32 Å². The van der Waals surface area contributed by atoms with Crippen LogP contribution in [0.4, 0.5) is 5.69 Å². The number of hydrogen-bond acceptors (Lipinski definition) is 4. The Morgan fingerprint density at radius 1 is 1.11 bits per heavy atom. The van der Waals surface area contributed by atoms with Crippen molar-refractivity contribution < 1.29 is 14.3 Å². The summed E-state index contributed by atoms with van der Waals surface area (Å²) in [6, 6.07) is 12.7. The maximum atomic E-state index is 12.0. The molecule has 0 unspecified atom stereocenters. The number of amides is 1. The van der Waals surface area contributed by atoms with Gasteiger partial charge in [0.1, 0.15) is 5.75 Å². The van der Waals surface area contributed by atoms with E-state index < -0.39 is 0 Å². The number of Topliss-reactive ketones (excluding diaryl/α,β-unsaturated/α-hetero) is 1. The van der Waals surface area contributed by atoms with Gasteiger partial charge in [-0.1, -0.05) is 19.9 Å². The molecule has 0 heterocycles. The van der Waals surface area contributed by atoms with Crippen LogP contribution < -0.4 is 15.4 Å². The second-order valence-corrected chi connectivity index (χ2v) is 7.01. The van der Waals surface area contributed by atoms with E-state index in [1.165, 1.54) is 12.5 Å². The highest BCUT2D eigenvalue weighted by molar-refractivity contribution is 7.80. The average molecular weight is 385 g/mol. The number of nitrogens with one attached hydrogen (secondary N) is 2. The number of benzene rings is 2. The van der Waals surface area contributed by atoms with Crippen molar-refractivity contribution >= 4 is 34.7 Å². The molecule has 0 atom stereocenters. The molecule has 0 fully saturated rings. The maximum Gasteiger partial charge on any atom is 0.264 e. The number of hydrogen-bond donors (Lipinski definition) is 2. The standard InChI is InChI=1S/C21H24N2O3S/c1-13(2)19-10-9-18(11-14(19)3)26-12-20(25)23-21(27)22-17-7-5-16(6-8-17)15(4)24/h5-11,13H,12H2,1-4H3,(H2,22,23,25,27). The second-order valence-electron chi connectivity index (χ2n) is 6.60. The first-order valence-electron chi connectivity index (χ1n) is 8.71. The first-order valence-corrected chi connectivity index (χ1v) is 9.12. The summed E-state index contributed by atoms with van der Waals surface area (Å²) in [5, 5.41) is 5.64. The molecule has 6 heteroatoms. The summed E-state index contributed by atoms with van der Waals surface area (Å²) in [6.07, 6.45) is 0. The summed E-state index contributed by atoms with van der Waals surface area (Å²) in [6.45, 7) is 7.67. The van der Waals surface area contributed by atoms with Crippen LogP contribution in [0.5, 0.6) is 5.75 Å². The molecule has 0 saturated heterocycles. The minimum Gasteiger partial charge on any atom is -0.484 e. The Kier molecular flexibility index (Phi) is 7.07. The molecule has 2 rings (SSSR count). The van der Waals surface area contributed by atoms with Gasteiger partial charge in [0.15, 0.2) is 17.5 Å². The van der Waals surface area contributed by atoms with Gasteiger partial charge in [-0.25, -0.2) is 0 Å². The fraction of sp³-hybridized carbons (Fsp3) is 0.286. The topological polar surface area (TPSA) is 67.4 Å². The Bertz CT molecular complexity index is 845. The number of carbonyl (C=O) groups is 2. The number of thiocarbonyl (C=S) groups is 1. The van der Waals surface area contributed by atoms with E-state index in [1.807, 2.05) is 25.1 Å². The van der Waals surface area contributed by atoms with Gasteiger partial charge >= 0.3 is 0 Å². The minimum atomic E-state index is -0.349. The van der Waals surface area contributed by atoms with Gasteiger partial charge in [0, 0.05) is 11.3 Å². The van der Waals surface area contributed by atoms with Crippen LogP contribution in [-0.2, 0) is 4.79 Å².